The minimum atomic E-state index is -0.220. The van der Waals surface area contributed by atoms with Crippen LogP contribution in [0.15, 0.2) is 18.2 Å². The van der Waals surface area contributed by atoms with Crippen molar-refractivity contribution in [1.82, 2.24) is 9.80 Å². The summed E-state index contributed by atoms with van der Waals surface area (Å²) in [6, 6.07) is 5.37. The number of nitrogens with zero attached hydrogens (tertiary/aromatic N) is 2. The summed E-state index contributed by atoms with van der Waals surface area (Å²) in [6.07, 6.45) is 3.76. The van der Waals surface area contributed by atoms with Crippen molar-refractivity contribution in [2.45, 2.75) is 31.8 Å². The highest BCUT2D eigenvalue weighted by Crippen LogP contribution is 2.23. The predicted octanol–water partition coefficient (Wildman–Crippen LogP) is 2.13. The average molecular weight is 307 g/mol. The van der Waals surface area contributed by atoms with Gasteiger partial charge < -0.3 is 5.73 Å². The number of nitrogens with two attached hydrogens (primary N) is 1. The van der Waals surface area contributed by atoms with E-state index in [1.165, 1.54) is 38.4 Å². The van der Waals surface area contributed by atoms with Gasteiger partial charge in [-0.05, 0) is 62.7 Å². The van der Waals surface area contributed by atoms with E-state index in [1.807, 2.05) is 0 Å². The Morgan fingerprint density at radius 1 is 1.29 bits per heavy atom. The quantitative estimate of drug-likeness (QED) is 0.867. The zero-order chi connectivity index (χ0) is 14.8. The van der Waals surface area contributed by atoms with Gasteiger partial charge in [-0.3, -0.25) is 9.80 Å². The molecule has 5 heteroatoms. The first-order valence-corrected chi connectivity index (χ1v) is 8.09. The topological polar surface area (TPSA) is 32.5 Å². The lowest BCUT2D eigenvalue weighted by molar-refractivity contribution is 0.215. The summed E-state index contributed by atoms with van der Waals surface area (Å²) in [4.78, 5) is 5.37. The van der Waals surface area contributed by atoms with E-state index in [9.17, 15) is 4.39 Å². The van der Waals surface area contributed by atoms with E-state index in [0.717, 1.165) is 30.8 Å². The van der Waals surface area contributed by atoms with Gasteiger partial charge in [0.2, 0.25) is 0 Å². The molecule has 0 spiro atoms. The molecule has 0 bridgehead atoms. The maximum atomic E-state index is 13.5. The molecule has 3 rings (SSSR count). The second kappa shape index (κ2) is 6.38. The third kappa shape index (κ3) is 3.42. The summed E-state index contributed by atoms with van der Waals surface area (Å²) in [5.41, 5.74) is 7.48. The van der Waals surface area contributed by atoms with E-state index < -0.39 is 0 Å². The van der Waals surface area contributed by atoms with Crippen LogP contribution in [0.5, 0.6) is 0 Å². The molecule has 1 unspecified atom stereocenters. The van der Waals surface area contributed by atoms with Crippen LogP contribution in [0.3, 0.4) is 0 Å². The Labute approximate surface area is 130 Å². The molecule has 0 saturated carbocycles. The number of benzene rings is 1. The molecule has 2 fully saturated rings. The highest BCUT2D eigenvalue weighted by Gasteiger charge is 2.28. The molecule has 1 aromatic rings. The van der Waals surface area contributed by atoms with Gasteiger partial charge >= 0.3 is 0 Å². The summed E-state index contributed by atoms with van der Waals surface area (Å²) >= 11 is 5.09. The Morgan fingerprint density at radius 3 is 2.90 bits per heavy atom. The van der Waals surface area contributed by atoms with Crippen molar-refractivity contribution in [3.05, 3.63) is 35.1 Å². The molecule has 0 amide bonds. The van der Waals surface area contributed by atoms with Gasteiger partial charge in [-0.2, -0.15) is 0 Å². The van der Waals surface area contributed by atoms with Crippen LogP contribution in [0.1, 0.15) is 30.4 Å². The highest BCUT2D eigenvalue weighted by atomic mass is 32.1. The van der Waals surface area contributed by atoms with Crippen LogP contribution >= 0.6 is 12.2 Å². The molecule has 2 aliphatic heterocycles. The number of rotatable bonds is 3. The van der Waals surface area contributed by atoms with E-state index in [-0.39, 0.29) is 5.82 Å². The number of thiocarbonyl (C=S) groups is 1. The van der Waals surface area contributed by atoms with E-state index >= 15 is 0 Å². The fourth-order valence-corrected chi connectivity index (χ4v) is 3.80. The zero-order valence-electron chi connectivity index (χ0n) is 12.2. The molecule has 3 nitrogen and oxygen atoms in total. The van der Waals surface area contributed by atoms with E-state index in [2.05, 4.69) is 9.80 Å². The second-order valence-corrected chi connectivity index (χ2v) is 6.53. The zero-order valence-corrected chi connectivity index (χ0v) is 13.0. The molecule has 2 aliphatic rings. The average Bonchev–Trinajstić information content (AvgIpc) is 2.77. The third-order valence-corrected chi connectivity index (χ3v) is 4.83. The molecule has 2 saturated heterocycles. The van der Waals surface area contributed by atoms with Gasteiger partial charge in [-0.1, -0.05) is 12.2 Å². The summed E-state index contributed by atoms with van der Waals surface area (Å²) in [5.74, 6) is -0.220. The van der Waals surface area contributed by atoms with Gasteiger partial charge in [-0.15, -0.1) is 0 Å². The first-order chi connectivity index (χ1) is 10.1. The fraction of sp³-hybridized carbons (Fsp3) is 0.562. The van der Waals surface area contributed by atoms with Crippen LogP contribution in [0.2, 0.25) is 0 Å². The number of hydrogen-bond acceptors (Lipinski definition) is 3. The van der Waals surface area contributed by atoms with Crippen molar-refractivity contribution in [1.29, 1.82) is 0 Å². The lowest BCUT2D eigenvalue weighted by Gasteiger charge is -2.26. The fourth-order valence-electron chi connectivity index (χ4n) is 3.60. The smallest absolute Gasteiger partial charge is 0.123 e. The molecular formula is C16H22FN3S. The van der Waals surface area contributed by atoms with Crippen molar-refractivity contribution in [2.24, 2.45) is 5.73 Å². The summed E-state index contributed by atoms with van der Waals surface area (Å²) in [6.45, 7) is 5.27. The van der Waals surface area contributed by atoms with E-state index in [4.69, 9.17) is 18.0 Å². The van der Waals surface area contributed by atoms with Crippen LogP contribution < -0.4 is 5.73 Å². The Bertz CT molecular complexity index is 534. The van der Waals surface area contributed by atoms with Crippen LogP contribution in [0.4, 0.5) is 4.39 Å². The highest BCUT2D eigenvalue weighted by molar-refractivity contribution is 7.80. The van der Waals surface area contributed by atoms with Gasteiger partial charge in [-0.25, -0.2) is 4.39 Å². The molecule has 114 valence electrons. The Morgan fingerprint density at radius 2 is 2.10 bits per heavy atom. The molecular weight excluding hydrogens is 285 g/mol. The minimum absolute atomic E-state index is 0.220. The number of fused-ring (bicyclic) bond motifs is 1. The molecule has 0 aromatic heterocycles. The van der Waals surface area contributed by atoms with Gasteiger partial charge in [0.15, 0.2) is 0 Å². The Hall–Kier alpha value is -1.04. The van der Waals surface area contributed by atoms with Crippen molar-refractivity contribution >= 4 is 17.2 Å². The summed E-state index contributed by atoms with van der Waals surface area (Å²) < 4.78 is 13.5. The molecule has 0 aliphatic carbocycles. The van der Waals surface area contributed by atoms with E-state index in [1.54, 1.807) is 12.1 Å². The normalized spacial score (nSPS) is 23.8. The van der Waals surface area contributed by atoms with Gasteiger partial charge in [0, 0.05) is 24.7 Å². The van der Waals surface area contributed by atoms with Crippen LogP contribution in [-0.2, 0) is 6.54 Å². The number of hydrogen-bond donors (Lipinski definition) is 1. The van der Waals surface area contributed by atoms with Crippen LogP contribution in [0.25, 0.3) is 0 Å². The third-order valence-electron chi connectivity index (χ3n) is 4.61. The lowest BCUT2D eigenvalue weighted by Crippen LogP contribution is -2.36. The maximum Gasteiger partial charge on any atom is 0.123 e. The molecule has 2 N–H and O–H groups in total. The molecule has 1 aromatic carbocycles. The SMILES string of the molecule is NC(=S)c1ccc(F)cc1CN1CCCN2CCCC2C1. The molecule has 2 heterocycles. The number of halogens is 1. The Balaban J connectivity index is 1.76. The maximum absolute atomic E-state index is 13.5. The van der Waals surface area contributed by atoms with Gasteiger partial charge in [0.25, 0.3) is 0 Å². The predicted molar refractivity (Wildman–Crippen MR) is 86.8 cm³/mol. The van der Waals surface area contributed by atoms with Crippen molar-refractivity contribution in [3.63, 3.8) is 0 Å². The summed E-state index contributed by atoms with van der Waals surface area (Å²) in [5, 5.41) is 0. The monoisotopic (exact) mass is 307 g/mol. The van der Waals surface area contributed by atoms with Gasteiger partial charge in [0.1, 0.15) is 10.8 Å². The van der Waals surface area contributed by atoms with Crippen LogP contribution in [0, 0.1) is 5.82 Å². The first kappa shape index (κ1) is 14.9. The van der Waals surface area contributed by atoms with Crippen molar-refractivity contribution in [2.75, 3.05) is 26.2 Å². The van der Waals surface area contributed by atoms with Crippen LogP contribution in [-0.4, -0.2) is 47.0 Å². The molecule has 21 heavy (non-hydrogen) atoms. The largest absolute Gasteiger partial charge is 0.389 e. The molecule has 1 atom stereocenters. The lowest BCUT2D eigenvalue weighted by atomic mass is 10.1. The van der Waals surface area contributed by atoms with E-state index in [0.29, 0.717) is 11.0 Å². The molecule has 0 radical (unpaired) electrons. The second-order valence-electron chi connectivity index (χ2n) is 6.09. The Kier molecular flexibility index (Phi) is 4.52. The van der Waals surface area contributed by atoms with Gasteiger partial charge in [0.05, 0.1) is 0 Å². The summed E-state index contributed by atoms with van der Waals surface area (Å²) in [7, 11) is 0. The van der Waals surface area contributed by atoms with Crippen molar-refractivity contribution < 1.29 is 4.39 Å². The van der Waals surface area contributed by atoms with Crippen molar-refractivity contribution in [3.8, 4) is 0 Å². The standard InChI is InChI=1S/C16H22FN3S/c17-13-4-5-15(16(18)21)12(9-13)10-19-6-2-8-20-7-1-3-14(20)11-19/h4-5,9,14H,1-3,6-8,10-11H2,(H2,18,21). The first-order valence-electron chi connectivity index (χ1n) is 7.68. The minimum Gasteiger partial charge on any atom is -0.389 e.